The molecular formula is C23H23F2N7O3. The Morgan fingerprint density at radius 1 is 1.17 bits per heavy atom. The molecule has 0 spiro atoms. The highest BCUT2D eigenvalue weighted by Gasteiger charge is 2.47. The molecule has 2 saturated heterocycles. The zero-order valence-electron chi connectivity index (χ0n) is 19.1. The van der Waals surface area contributed by atoms with Gasteiger partial charge in [-0.1, -0.05) is 11.2 Å². The van der Waals surface area contributed by atoms with Gasteiger partial charge < -0.3 is 19.6 Å². The molecule has 0 aromatic carbocycles. The number of amides is 2. The van der Waals surface area contributed by atoms with E-state index in [4.69, 9.17) is 4.52 Å². The molecule has 0 unspecified atom stereocenters. The number of nitrogens with zero attached hydrogens (tertiary/aromatic N) is 6. The molecule has 2 fully saturated rings. The minimum absolute atomic E-state index is 0.00551. The number of carbonyl (C=O) groups excluding carboxylic acids is 2. The second-order valence-electron chi connectivity index (χ2n) is 8.81. The van der Waals surface area contributed by atoms with E-state index in [0.717, 1.165) is 4.90 Å². The van der Waals surface area contributed by atoms with Gasteiger partial charge in [0.05, 0.1) is 30.2 Å². The second kappa shape index (κ2) is 8.67. The summed E-state index contributed by atoms with van der Waals surface area (Å²) in [6, 6.07) is 7.97. The third-order valence-electron chi connectivity index (χ3n) is 6.10. The van der Waals surface area contributed by atoms with Crippen molar-refractivity contribution in [2.75, 3.05) is 32.0 Å². The summed E-state index contributed by atoms with van der Waals surface area (Å²) in [5.41, 5.74) is 2.08. The van der Waals surface area contributed by atoms with Gasteiger partial charge >= 0.3 is 0 Å². The summed E-state index contributed by atoms with van der Waals surface area (Å²) in [5.74, 6) is -2.92. The monoisotopic (exact) mass is 483 g/mol. The van der Waals surface area contributed by atoms with E-state index in [9.17, 15) is 18.4 Å². The van der Waals surface area contributed by atoms with E-state index >= 15 is 0 Å². The fourth-order valence-corrected chi connectivity index (χ4v) is 4.15. The summed E-state index contributed by atoms with van der Waals surface area (Å²) in [5, 5.41) is 6.96. The molecule has 182 valence electrons. The Kier molecular flexibility index (Phi) is 5.65. The molecule has 0 aliphatic carbocycles. The normalized spacial score (nSPS) is 20.0. The van der Waals surface area contributed by atoms with Crippen molar-refractivity contribution in [3.8, 4) is 22.8 Å². The van der Waals surface area contributed by atoms with Gasteiger partial charge in [-0.2, -0.15) is 0 Å². The number of halogens is 2. The highest BCUT2D eigenvalue weighted by molar-refractivity contribution is 5.85. The number of alkyl halides is 2. The zero-order chi connectivity index (χ0) is 24.7. The van der Waals surface area contributed by atoms with Gasteiger partial charge in [0.1, 0.15) is 23.4 Å². The van der Waals surface area contributed by atoms with E-state index in [-0.39, 0.29) is 17.8 Å². The first kappa shape index (κ1) is 22.8. The Labute approximate surface area is 199 Å². The number of rotatable bonds is 6. The molecule has 0 radical (unpaired) electrons. The topological polar surface area (TPSA) is 117 Å². The lowest BCUT2D eigenvalue weighted by Gasteiger charge is -2.40. The number of aromatic nitrogens is 4. The van der Waals surface area contributed by atoms with Crippen molar-refractivity contribution in [2.45, 2.75) is 31.2 Å². The van der Waals surface area contributed by atoms with Crippen molar-refractivity contribution in [1.82, 2.24) is 29.9 Å². The Balaban J connectivity index is 1.31. The van der Waals surface area contributed by atoms with Gasteiger partial charge in [-0.25, -0.2) is 23.7 Å². The summed E-state index contributed by atoms with van der Waals surface area (Å²) < 4.78 is 31.6. The van der Waals surface area contributed by atoms with Gasteiger partial charge in [0.2, 0.25) is 17.8 Å². The SMILES string of the molecule is C[C@@H](Nc1nccc(-c2cccc(-c3cc([C@@H]4CCN(C)C4=O)on3)n2)n1)C(=O)N1CC(F)(F)C1. The lowest BCUT2D eigenvalue weighted by molar-refractivity contribution is -0.166. The largest absolute Gasteiger partial charge is 0.360 e. The van der Waals surface area contributed by atoms with Crippen LogP contribution in [0, 0.1) is 0 Å². The number of carbonyl (C=O) groups is 2. The first-order valence-electron chi connectivity index (χ1n) is 11.2. The van der Waals surface area contributed by atoms with Crippen LogP contribution in [0.1, 0.15) is 25.0 Å². The van der Waals surface area contributed by atoms with Crippen LogP contribution in [0.4, 0.5) is 14.7 Å². The van der Waals surface area contributed by atoms with Crippen LogP contribution in [0.2, 0.25) is 0 Å². The first-order valence-corrected chi connectivity index (χ1v) is 11.2. The van der Waals surface area contributed by atoms with Gasteiger partial charge in [0.15, 0.2) is 0 Å². The van der Waals surface area contributed by atoms with Crippen LogP contribution in [0.5, 0.6) is 0 Å². The maximum atomic E-state index is 13.1. The van der Waals surface area contributed by atoms with Crippen LogP contribution in [-0.2, 0) is 9.59 Å². The molecule has 10 nitrogen and oxygen atoms in total. The number of pyridine rings is 1. The number of hydrogen-bond donors (Lipinski definition) is 1. The van der Waals surface area contributed by atoms with Crippen LogP contribution in [0.15, 0.2) is 41.1 Å². The Morgan fingerprint density at radius 2 is 1.89 bits per heavy atom. The molecule has 2 atom stereocenters. The van der Waals surface area contributed by atoms with Crippen molar-refractivity contribution in [3.05, 3.63) is 42.3 Å². The molecule has 0 bridgehead atoms. The fraction of sp³-hybridized carbons (Fsp3) is 0.391. The van der Waals surface area contributed by atoms with E-state index < -0.39 is 31.0 Å². The number of likely N-dealkylation sites (tertiary alicyclic amines) is 2. The van der Waals surface area contributed by atoms with Crippen LogP contribution < -0.4 is 5.32 Å². The summed E-state index contributed by atoms with van der Waals surface area (Å²) in [7, 11) is 1.76. The van der Waals surface area contributed by atoms with E-state index in [0.29, 0.717) is 41.5 Å². The molecule has 0 saturated carbocycles. The van der Waals surface area contributed by atoms with E-state index in [1.807, 2.05) is 0 Å². The van der Waals surface area contributed by atoms with Crippen molar-refractivity contribution in [3.63, 3.8) is 0 Å². The lowest BCUT2D eigenvalue weighted by Crippen LogP contribution is -2.61. The summed E-state index contributed by atoms with van der Waals surface area (Å²) in [6.45, 7) is 1.09. The van der Waals surface area contributed by atoms with Crippen molar-refractivity contribution < 1.29 is 22.9 Å². The molecule has 2 aliphatic heterocycles. The molecule has 2 aliphatic rings. The van der Waals surface area contributed by atoms with Gasteiger partial charge in [-0.05, 0) is 31.5 Å². The van der Waals surface area contributed by atoms with Crippen LogP contribution in [-0.4, -0.2) is 80.4 Å². The summed E-state index contributed by atoms with van der Waals surface area (Å²) >= 11 is 0. The zero-order valence-corrected chi connectivity index (χ0v) is 19.1. The van der Waals surface area contributed by atoms with Crippen molar-refractivity contribution in [1.29, 1.82) is 0 Å². The second-order valence-corrected chi connectivity index (χ2v) is 8.81. The molecular weight excluding hydrogens is 460 g/mol. The van der Waals surface area contributed by atoms with Gasteiger partial charge in [-0.3, -0.25) is 9.59 Å². The molecule has 3 aromatic rings. The van der Waals surface area contributed by atoms with Gasteiger partial charge in [0, 0.05) is 25.9 Å². The molecule has 5 rings (SSSR count). The Morgan fingerprint density at radius 3 is 2.57 bits per heavy atom. The number of likely N-dealkylation sites (N-methyl/N-ethyl adjacent to an activating group) is 1. The van der Waals surface area contributed by atoms with Gasteiger partial charge in [-0.15, -0.1) is 0 Å². The predicted octanol–water partition coefficient (Wildman–Crippen LogP) is 2.42. The summed E-state index contributed by atoms with van der Waals surface area (Å²) in [4.78, 5) is 40.5. The minimum atomic E-state index is -2.82. The molecule has 1 N–H and O–H groups in total. The lowest BCUT2D eigenvalue weighted by atomic mass is 10.0. The Hall–Kier alpha value is -3.96. The predicted molar refractivity (Wildman–Crippen MR) is 120 cm³/mol. The molecule has 5 heterocycles. The maximum Gasteiger partial charge on any atom is 0.282 e. The van der Waals surface area contributed by atoms with Crippen LogP contribution >= 0.6 is 0 Å². The molecule has 3 aromatic heterocycles. The highest BCUT2D eigenvalue weighted by Crippen LogP contribution is 2.31. The smallest absolute Gasteiger partial charge is 0.282 e. The Bertz CT molecular complexity index is 1270. The average Bonchev–Trinajstić information content (AvgIpc) is 3.44. The third-order valence-corrected chi connectivity index (χ3v) is 6.10. The standard InChI is InChI=1S/C23H23F2N7O3/c1-13(20(33)32-11-23(24,25)12-32)27-22-26-8-6-17(29-22)15-4-3-5-16(28-15)18-10-19(35-30-18)14-7-9-31(2)21(14)34/h3-6,8,10,13-14H,7,9,11-12H2,1-2H3,(H,26,27,29)/t13-,14+/m1/s1. The van der Waals surface area contributed by atoms with Crippen LogP contribution in [0.25, 0.3) is 22.8 Å². The number of nitrogens with one attached hydrogen (secondary N) is 1. The van der Waals surface area contributed by atoms with E-state index in [1.165, 1.54) is 6.20 Å². The maximum absolute atomic E-state index is 13.1. The molecule has 12 heteroatoms. The first-order chi connectivity index (χ1) is 16.7. The van der Waals surface area contributed by atoms with Crippen LogP contribution in [0.3, 0.4) is 0 Å². The fourth-order valence-electron chi connectivity index (χ4n) is 4.15. The number of hydrogen-bond acceptors (Lipinski definition) is 8. The van der Waals surface area contributed by atoms with E-state index in [2.05, 4.69) is 25.4 Å². The minimum Gasteiger partial charge on any atom is -0.360 e. The third kappa shape index (κ3) is 4.55. The molecule has 35 heavy (non-hydrogen) atoms. The summed E-state index contributed by atoms with van der Waals surface area (Å²) in [6.07, 6.45) is 2.19. The van der Waals surface area contributed by atoms with Gasteiger partial charge in [0.25, 0.3) is 5.92 Å². The average molecular weight is 483 g/mol. The molecule has 2 amide bonds. The van der Waals surface area contributed by atoms with E-state index in [1.54, 1.807) is 49.2 Å². The quantitative estimate of drug-likeness (QED) is 0.568. The number of anilines is 1. The van der Waals surface area contributed by atoms with Crippen molar-refractivity contribution >= 4 is 17.8 Å². The highest BCUT2D eigenvalue weighted by atomic mass is 19.3. The van der Waals surface area contributed by atoms with Crippen molar-refractivity contribution in [2.24, 2.45) is 0 Å².